The summed E-state index contributed by atoms with van der Waals surface area (Å²) in [5, 5.41) is 100. The molecule has 0 aromatic rings. The van der Waals surface area contributed by atoms with Crippen LogP contribution < -0.4 is 5.73 Å². The Bertz CT molecular complexity index is 910. The summed E-state index contributed by atoms with van der Waals surface area (Å²) in [6, 6.07) is 0. The number of hydrogen-bond acceptors (Lipinski definition) is 17. The second kappa shape index (κ2) is 13.0. The molecular weight excluding hydrogens is 565 g/mol. The summed E-state index contributed by atoms with van der Waals surface area (Å²) in [6.45, 7) is -3.18. The number of aliphatic carboxylic acids is 2. The quantitative estimate of drug-likeness (QED) is 0.0877. The van der Waals surface area contributed by atoms with Gasteiger partial charge >= 0.3 is 19.8 Å². The molecule has 0 bridgehead atoms. The van der Waals surface area contributed by atoms with E-state index in [4.69, 9.17) is 24.5 Å². The van der Waals surface area contributed by atoms with Crippen molar-refractivity contribution in [1.82, 2.24) is 0 Å². The van der Waals surface area contributed by atoms with Gasteiger partial charge < -0.3 is 75.9 Å². The van der Waals surface area contributed by atoms with Crippen LogP contribution >= 0.6 is 7.82 Å². The molecule has 0 radical (unpaired) electrons. The number of phosphoric ester groups is 1. The van der Waals surface area contributed by atoms with E-state index in [2.05, 4.69) is 4.52 Å². The molecule has 1 unspecified atom stereocenters. The van der Waals surface area contributed by atoms with Crippen molar-refractivity contribution in [2.24, 2.45) is 5.73 Å². The van der Waals surface area contributed by atoms with Crippen molar-refractivity contribution < 1.29 is 93.4 Å². The highest BCUT2D eigenvalue weighted by Gasteiger charge is 2.64. The van der Waals surface area contributed by atoms with E-state index in [0.29, 0.717) is 0 Å². The van der Waals surface area contributed by atoms with Crippen LogP contribution in [0.4, 0.5) is 0 Å². The van der Waals surface area contributed by atoms with Crippen LogP contribution in [0.5, 0.6) is 0 Å². The zero-order valence-corrected chi connectivity index (χ0v) is 20.8. The van der Waals surface area contributed by atoms with Gasteiger partial charge in [0.1, 0.15) is 48.8 Å². The summed E-state index contributed by atoms with van der Waals surface area (Å²) in [4.78, 5) is 33.7. The van der Waals surface area contributed by atoms with E-state index in [0.717, 1.165) is 0 Å². The molecule has 39 heavy (non-hydrogen) atoms. The van der Waals surface area contributed by atoms with Crippen LogP contribution in [-0.4, -0.2) is 161 Å². The second-order valence-corrected chi connectivity index (χ2v) is 10.1. The third-order valence-electron chi connectivity index (χ3n) is 5.95. The van der Waals surface area contributed by atoms with E-state index in [1.165, 1.54) is 0 Å². The molecule has 2 saturated heterocycles. The number of carboxylic acids is 2. The molecule has 12 atom stereocenters. The van der Waals surface area contributed by atoms with Gasteiger partial charge in [0, 0.05) is 13.0 Å². The zero-order chi connectivity index (χ0) is 29.9. The van der Waals surface area contributed by atoms with Crippen LogP contribution in [0.25, 0.3) is 0 Å². The van der Waals surface area contributed by atoms with E-state index in [1.807, 2.05) is 0 Å². The van der Waals surface area contributed by atoms with Crippen LogP contribution in [0, 0.1) is 0 Å². The van der Waals surface area contributed by atoms with Crippen LogP contribution in [0.15, 0.2) is 0 Å². The standard InChI is InChI=1S/C18H32NO19P/c19-1-2-34-39(32,33)38-8(5-21)13-10(24)11(25)14(26)18(37-13,16(29)30)35-7-3-17(31,15(27)28)36-12(9(7)23)6(22)4-20/h6-14,20-26,31H,1-5,19H2,(H,27,28)(H,29,30)(H,32,33)/t6-,7-,8-,9-,10-,11+,12-,13-,14+,17-,18-/m1/s1. The fourth-order valence-electron chi connectivity index (χ4n) is 3.97. The molecule has 0 spiro atoms. The summed E-state index contributed by atoms with van der Waals surface area (Å²) >= 11 is 0. The number of carbonyl (C=O) groups is 2. The van der Waals surface area contributed by atoms with Crippen LogP contribution in [0.1, 0.15) is 6.42 Å². The van der Waals surface area contributed by atoms with Gasteiger partial charge in [-0.15, -0.1) is 0 Å². The van der Waals surface area contributed by atoms with E-state index < -0.39 is 113 Å². The van der Waals surface area contributed by atoms with E-state index in [-0.39, 0.29) is 6.54 Å². The summed E-state index contributed by atoms with van der Waals surface area (Å²) in [5.41, 5.74) is 5.16. The molecule has 0 aromatic carbocycles. The van der Waals surface area contributed by atoms with Crippen molar-refractivity contribution in [3.05, 3.63) is 0 Å². The lowest BCUT2D eigenvalue weighted by atomic mass is 9.88. The van der Waals surface area contributed by atoms with Crippen LogP contribution in [0.3, 0.4) is 0 Å². The predicted molar refractivity (Wildman–Crippen MR) is 116 cm³/mol. The Kier molecular flexibility index (Phi) is 11.3. The number of phosphoric acid groups is 1. The predicted octanol–water partition coefficient (Wildman–Crippen LogP) is -6.64. The third kappa shape index (κ3) is 7.08. The lowest BCUT2D eigenvalue weighted by molar-refractivity contribution is -0.391. The maximum absolute atomic E-state index is 12.3. The summed E-state index contributed by atoms with van der Waals surface area (Å²) < 4.78 is 36.5. The largest absolute Gasteiger partial charge is 0.477 e. The maximum Gasteiger partial charge on any atom is 0.472 e. The zero-order valence-electron chi connectivity index (χ0n) is 19.9. The lowest BCUT2D eigenvalue weighted by Crippen LogP contribution is -2.73. The molecule has 2 heterocycles. The Morgan fingerprint density at radius 3 is 2.10 bits per heavy atom. The Hall–Kier alpha value is -1.43. The lowest BCUT2D eigenvalue weighted by Gasteiger charge is -2.50. The number of ether oxygens (including phenoxy) is 3. The smallest absolute Gasteiger partial charge is 0.472 e. The minimum Gasteiger partial charge on any atom is -0.477 e. The van der Waals surface area contributed by atoms with Crippen LogP contribution in [0.2, 0.25) is 0 Å². The van der Waals surface area contributed by atoms with Crippen molar-refractivity contribution in [2.45, 2.75) is 72.9 Å². The Morgan fingerprint density at radius 2 is 1.62 bits per heavy atom. The highest BCUT2D eigenvalue weighted by atomic mass is 31.2. The molecular formula is C18H32NO19P. The maximum atomic E-state index is 12.3. The van der Waals surface area contributed by atoms with Crippen molar-refractivity contribution in [3.8, 4) is 0 Å². The second-order valence-electron chi connectivity index (χ2n) is 8.67. The van der Waals surface area contributed by atoms with Gasteiger partial charge in [0.2, 0.25) is 0 Å². The first-order valence-electron chi connectivity index (χ1n) is 11.2. The highest BCUT2D eigenvalue weighted by molar-refractivity contribution is 7.47. The molecule has 2 rings (SSSR count). The normalized spacial score (nSPS) is 40.4. The van der Waals surface area contributed by atoms with Crippen molar-refractivity contribution in [2.75, 3.05) is 26.4 Å². The van der Waals surface area contributed by atoms with Gasteiger partial charge in [0.25, 0.3) is 11.6 Å². The van der Waals surface area contributed by atoms with Gasteiger partial charge in [-0.25, -0.2) is 14.2 Å². The number of aliphatic hydroxyl groups excluding tert-OH is 7. The van der Waals surface area contributed by atoms with Gasteiger partial charge in [-0.3, -0.25) is 9.05 Å². The van der Waals surface area contributed by atoms with E-state index in [1.54, 1.807) is 0 Å². The first-order chi connectivity index (χ1) is 18.0. The molecule has 2 aliphatic rings. The Morgan fingerprint density at radius 1 is 1.00 bits per heavy atom. The molecule has 0 aliphatic carbocycles. The van der Waals surface area contributed by atoms with Crippen molar-refractivity contribution in [1.29, 1.82) is 0 Å². The molecule has 20 nitrogen and oxygen atoms in total. The molecule has 13 N–H and O–H groups in total. The number of hydrogen-bond donors (Lipinski definition) is 12. The molecule has 228 valence electrons. The summed E-state index contributed by atoms with van der Waals surface area (Å²) in [5.74, 6) is -11.2. The fraction of sp³-hybridized carbons (Fsp3) is 0.889. The molecule has 2 fully saturated rings. The SMILES string of the molecule is NCCOP(=O)(O)O[C@H](CO)[C@H]1O[C@@](O[C@@H]2C[C@](O)(C(=O)O)O[C@H]([C@H](O)CO)[C@@H]2O)(C(=O)O)[C@@H](O)[C@@H](O)[C@H]1O. The van der Waals surface area contributed by atoms with E-state index >= 15 is 0 Å². The molecule has 2 aliphatic heterocycles. The van der Waals surface area contributed by atoms with Gasteiger partial charge in [-0.05, 0) is 0 Å². The molecule has 0 amide bonds. The van der Waals surface area contributed by atoms with E-state index in [9.17, 15) is 70.1 Å². The number of carboxylic acid groups (broad SMARTS) is 2. The third-order valence-corrected chi connectivity index (χ3v) is 7.00. The van der Waals surface area contributed by atoms with Crippen LogP contribution in [-0.2, 0) is 37.4 Å². The molecule has 21 heteroatoms. The highest BCUT2D eigenvalue weighted by Crippen LogP contribution is 2.47. The summed E-state index contributed by atoms with van der Waals surface area (Å²) in [6.07, 6.45) is -21.8. The average Bonchev–Trinajstić information content (AvgIpc) is 2.87. The molecule has 0 aromatic heterocycles. The minimum absolute atomic E-state index is 0.247. The Balaban J connectivity index is 2.50. The number of rotatable bonds is 13. The fourth-order valence-corrected chi connectivity index (χ4v) is 4.89. The van der Waals surface area contributed by atoms with Gasteiger partial charge in [-0.1, -0.05) is 0 Å². The topological polar surface area (TPSA) is 346 Å². The first-order valence-corrected chi connectivity index (χ1v) is 12.7. The van der Waals surface area contributed by atoms with Crippen molar-refractivity contribution >= 4 is 19.8 Å². The summed E-state index contributed by atoms with van der Waals surface area (Å²) in [7, 11) is -5.04. The first kappa shape index (κ1) is 33.8. The molecule has 0 saturated carbocycles. The average molecular weight is 597 g/mol. The number of nitrogens with two attached hydrogens (primary N) is 1. The Labute approximate surface area is 218 Å². The minimum atomic E-state index is -5.04. The van der Waals surface area contributed by atoms with Gasteiger partial charge in [0.05, 0.1) is 25.9 Å². The van der Waals surface area contributed by atoms with Crippen molar-refractivity contribution in [3.63, 3.8) is 0 Å². The van der Waals surface area contributed by atoms with Gasteiger partial charge in [0.15, 0.2) is 0 Å². The van der Waals surface area contributed by atoms with Gasteiger partial charge in [-0.2, -0.15) is 0 Å². The monoisotopic (exact) mass is 597 g/mol. The number of aliphatic hydroxyl groups is 8.